The monoisotopic (exact) mass is 249 g/mol. The molecule has 0 saturated carbocycles. The van der Waals surface area contributed by atoms with Crippen LogP contribution in [0.4, 0.5) is 4.39 Å². The molecule has 2 aromatic rings. The lowest BCUT2D eigenvalue weighted by atomic mass is 10.1. The molecule has 0 spiro atoms. The van der Waals surface area contributed by atoms with Crippen molar-refractivity contribution in [1.82, 2.24) is 15.5 Å². The number of methoxy groups -OCH3 is 1. The van der Waals surface area contributed by atoms with Crippen LogP contribution in [0.15, 0.2) is 30.5 Å². The lowest BCUT2D eigenvalue weighted by molar-refractivity contribution is 0.199. The van der Waals surface area contributed by atoms with Crippen molar-refractivity contribution < 1.29 is 9.13 Å². The Morgan fingerprint density at radius 2 is 2.33 bits per heavy atom. The fourth-order valence-electron chi connectivity index (χ4n) is 1.74. The van der Waals surface area contributed by atoms with Crippen LogP contribution in [-0.4, -0.2) is 30.5 Å². The molecule has 0 radical (unpaired) electrons. The number of halogens is 1. The van der Waals surface area contributed by atoms with Crippen molar-refractivity contribution in [3.63, 3.8) is 0 Å². The molecule has 0 aliphatic carbocycles. The number of rotatable bonds is 6. The summed E-state index contributed by atoms with van der Waals surface area (Å²) in [6.07, 6.45) is 1.75. The molecule has 2 N–H and O–H groups in total. The zero-order valence-electron chi connectivity index (χ0n) is 10.2. The minimum absolute atomic E-state index is 0.250. The van der Waals surface area contributed by atoms with E-state index in [0.29, 0.717) is 13.2 Å². The number of benzene rings is 1. The largest absolute Gasteiger partial charge is 0.383 e. The Labute approximate surface area is 105 Å². The van der Waals surface area contributed by atoms with Gasteiger partial charge in [0.15, 0.2) is 0 Å². The van der Waals surface area contributed by atoms with Gasteiger partial charge >= 0.3 is 0 Å². The lowest BCUT2D eigenvalue weighted by Crippen LogP contribution is -2.18. The average molecular weight is 249 g/mol. The van der Waals surface area contributed by atoms with E-state index < -0.39 is 0 Å². The highest BCUT2D eigenvalue weighted by Crippen LogP contribution is 2.21. The van der Waals surface area contributed by atoms with Gasteiger partial charge in [0.25, 0.3) is 0 Å². The number of aromatic nitrogens is 2. The summed E-state index contributed by atoms with van der Waals surface area (Å²) >= 11 is 0. The molecule has 1 heterocycles. The Morgan fingerprint density at radius 1 is 1.44 bits per heavy atom. The van der Waals surface area contributed by atoms with Crippen molar-refractivity contribution in [3.05, 3.63) is 41.8 Å². The van der Waals surface area contributed by atoms with E-state index in [0.717, 1.165) is 23.4 Å². The van der Waals surface area contributed by atoms with Gasteiger partial charge in [-0.3, -0.25) is 5.10 Å². The maximum Gasteiger partial charge on any atom is 0.123 e. The predicted molar refractivity (Wildman–Crippen MR) is 67.6 cm³/mol. The summed E-state index contributed by atoms with van der Waals surface area (Å²) in [6, 6.07) is 6.46. The molecule has 0 fully saturated rings. The minimum Gasteiger partial charge on any atom is -0.383 e. The van der Waals surface area contributed by atoms with E-state index in [1.807, 2.05) is 6.07 Å². The van der Waals surface area contributed by atoms with Crippen molar-refractivity contribution in [1.29, 1.82) is 0 Å². The molecule has 0 bridgehead atoms. The van der Waals surface area contributed by atoms with E-state index in [1.54, 1.807) is 19.4 Å². The van der Waals surface area contributed by atoms with Gasteiger partial charge in [0.1, 0.15) is 5.82 Å². The predicted octanol–water partition coefficient (Wildman–Crippen LogP) is 1.95. The highest BCUT2D eigenvalue weighted by molar-refractivity contribution is 5.62. The lowest BCUT2D eigenvalue weighted by Gasteiger charge is -2.05. The Kier molecular flexibility index (Phi) is 4.44. The first-order chi connectivity index (χ1) is 8.81. The maximum atomic E-state index is 13.2. The topological polar surface area (TPSA) is 49.9 Å². The van der Waals surface area contributed by atoms with Crippen LogP contribution in [-0.2, 0) is 11.3 Å². The van der Waals surface area contributed by atoms with Crippen molar-refractivity contribution in [3.8, 4) is 11.3 Å². The van der Waals surface area contributed by atoms with E-state index in [2.05, 4.69) is 15.5 Å². The zero-order chi connectivity index (χ0) is 12.8. The van der Waals surface area contributed by atoms with Gasteiger partial charge in [-0.15, -0.1) is 0 Å². The van der Waals surface area contributed by atoms with Gasteiger partial charge in [-0.1, -0.05) is 12.1 Å². The van der Waals surface area contributed by atoms with Gasteiger partial charge in [-0.25, -0.2) is 4.39 Å². The molecule has 0 amide bonds. The fourth-order valence-corrected chi connectivity index (χ4v) is 1.74. The SMILES string of the molecule is COCCNCc1cn[nH]c1-c1cccc(F)c1. The summed E-state index contributed by atoms with van der Waals surface area (Å²) < 4.78 is 18.1. The standard InChI is InChI=1S/C13H16FN3O/c1-18-6-5-15-8-11-9-16-17-13(11)10-3-2-4-12(14)7-10/h2-4,7,9,15H,5-6,8H2,1H3,(H,16,17). The molecule has 0 aliphatic rings. The molecule has 0 unspecified atom stereocenters. The summed E-state index contributed by atoms with van der Waals surface area (Å²) in [5.74, 6) is -0.250. The van der Waals surface area contributed by atoms with Crippen LogP contribution in [0.1, 0.15) is 5.56 Å². The molecular formula is C13H16FN3O. The number of aromatic amines is 1. The van der Waals surface area contributed by atoms with Crippen LogP contribution in [0.5, 0.6) is 0 Å². The molecule has 0 aliphatic heterocycles. The molecule has 1 aromatic carbocycles. The highest BCUT2D eigenvalue weighted by Gasteiger charge is 2.07. The van der Waals surface area contributed by atoms with Crippen LogP contribution >= 0.6 is 0 Å². The Morgan fingerprint density at radius 3 is 3.11 bits per heavy atom. The van der Waals surface area contributed by atoms with Crippen molar-refractivity contribution >= 4 is 0 Å². The van der Waals surface area contributed by atoms with E-state index >= 15 is 0 Å². The molecule has 96 valence electrons. The number of hydrogen-bond donors (Lipinski definition) is 2. The third-order valence-corrected chi connectivity index (χ3v) is 2.63. The van der Waals surface area contributed by atoms with Crippen molar-refractivity contribution in [2.45, 2.75) is 6.54 Å². The molecule has 2 rings (SSSR count). The Bertz CT molecular complexity index is 498. The van der Waals surface area contributed by atoms with Crippen LogP contribution in [0.25, 0.3) is 11.3 Å². The zero-order valence-corrected chi connectivity index (χ0v) is 10.2. The van der Waals surface area contributed by atoms with E-state index in [4.69, 9.17) is 4.74 Å². The number of H-pyrrole nitrogens is 1. The van der Waals surface area contributed by atoms with Gasteiger partial charge in [0.05, 0.1) is 18.5 Å². The summed E-state index contributed by atoms with van der Waals surface area (Å²) in [5.41, 5.74) is 2.66. The fraction of sp³-hybridized carbons (Fsp3) is 0.308. The maximum absolute atomic E-state index is 13.2. The van der Waals surface area contributed by atoms with E-state index in [-0.39, 0.29) is 5.82 Å². The second-order valence-corrected chi connectivity index (χ2v) is 3.95. The van der Waals surface area contributed by atoms with Gasteiger partial charge in [0.2, 0.25) is 0 Å². The molecule has 0 saturated heterocycles. The summed E-state index contributed by atoms with van der Waals surface area (Å²) in [7, 11) is 1.66. The molecular weight excluding hydrogens is 233 g/mol. The molecule has 18 heavy (non-hydrogen) atoms. The summed E-state index contributed by atoms with van der Waals surface area (Å²) in [4.78, 5) is 0. The third-order valence-electron chi connectivity index (χ3n) is 2.63. The normalized spacial score (nSPS) is 10.8. The first kappa shape index (κ1) is 12.7. The van der Waals surface area contributed by atoms with Crippen molar-refractivity contribution in [2.75, 3.05) is 20.3 Å². The number of hydrogen-bond acceptors (Lipinski definition) is 3. The van der Waals surface area contributed by atoms with Gasteiger partial charge in [-0.2, -0.15) is 5.10 Å². The van der Waals surface area contributed by atoms with Gasteiger partial charge < -0.3 is 10.1 Å². The first-order valence-corrected chi connectivity index (χ1v) is 5.79. The molecule has 0 atom stereocenters. The Hall–Kier alpha value is -1.72. The van der Waals surface area contributed by atoms with Gasteiger partial charge in [0, 0.05) is 31.3 Å². The first-order valence-electron chi connectivity index (χ1n) is 5.79. The highest BCUT2D eigenvalue weighted by atomic mass is 19.1. The van der Waals surface area contributed by atoms with E-state index in [9.17, 15) is 4.39 Å². The van der Waals surface area contributed by atoms with Crippen LogP contribution in [0.2, 0.25) is 0 Å². The third kappa shape index (κ3) is 3.15. The minimum atomic E-state index is -0.250. The second-order valence-electron chi connectivity index (χ2n) is 3.95. The molecule has 5 heteroatoms. The van der Waals surface area contributed by atoms with Crippen LogP contribution in [0, 0.1) is 5.82 Å². The summed E-state index contributed by atoms with van der Waals surface area (Å²) in [5, 5.41) is 10.1. The van der Waals surface area contributed by atoms with Crippen LogP contribution < -0.4 is 5.32 Å². The quantitative estimate of drug-likeness (QED) is 0.769. The average Bonchev–Trinajstić information content (AvgIpc) is 2.83. The molecule has 1 aromatic heterocycles. The number of ether oxygens (including phenoxy) is 1. The summed E-state index contributed by atoms with van der Waals surface area (Å²) in [6.45, 7) is 2.10. The van der Waals surface area contributed by atoms with Gasteiger partial charge in [-0.05, 0) is 12.1 Å². The number of nitrogens with zero attached hydrogens (tertiary/aromatic N) is 1. The molecule has 4 nitrogen and oxygen atoms in total. The van der Waals surface area contributed by atoms with E-state index in [1.165, 1.54) is 12.1 Å². The second kappa shape index (κ2) is 6.28. The van der Waals surface area contributed by atoms with Crippen LogP contribution in [0.3, 0.4) is 0 Å². The number of nitrogens with one attached hydrogen (secondary N) is 2. The van der Waals surface area contributed by atoms with Crippen molar-refractivity contribution in [2.24, 2.45) is 0 Å². The Balaban J connectivity index is 2.08. The smallest absolute Gasteiger partial charge is 0.123 e.